The van der Waals surface area contributed by atoms with E-state index in [9.17, 15) is 4.79 Å². The maximum atomic E-state index is 11.1. The molecule has 6 heteroatoms. The molecule has 1 saturated heterocycles. The van der Waals surface area contributed by atoms with Crippen molar-refractivity contribution >= 4 is 23.5 Å². The average Bonchev–Trinajstić information content (AvgIpc) is 2.61. The Labute approximate surface area is 146 Å². The monoisotopic (exact) mass is 342 g/mol. The summed E-state index contributed by atoms with van der Waals surface area (Å²) in [5, 5.41) is 3.94. The molecular formula is C18H22N4OS. The smallest absolute Gasteiger partial charge is 0.217 e. The average molecular weight is 342 g/mol. The van der Waals surface area contributed by atoms with E-state index in [2.05, 4.69) is 39.5 Å². The van der Waals surface area contributed by atoms with E-state index in [-0.39, 0.29) is 11.9 Å². The molecule has 1 aromatic carbocycles. The number of amides is 1. The summed E-state index contributed by atoms with van der Waals surface area (Å²) in [5.41, 5.74) is 1.28. The third-order valence-corrected chi connectivity index (χ3v) is 5.03. The Bertz CT molecular complexity index is 672. The molecule has 0 spiro atoms. The molecule has 0 atom stereocenters. The molecular weight excluding hydrogens is 320 g/mol. The molecule has 0 saturated carbocycles. The fraction of sp³-hybridized carbons (Fsp3) is 0.389. The predicted octanol–water partition coefficient (Wildman–Crippen LogP) is 2.87. The van der Waals surface area contributed by atoms with E-state index in [0.29, 0.717) is 0 Å². The highest BCUT2D eigenvalue weighted by Gasteiger charge is 2.21. The van der Waals surface area contributed by atoms with Gasteiger partial charge in [-0.05, 0) is 18.4 Å². The normalized spacial score (nSPS) is 15.3. The number of nitrogens with zero attached hydrogens (tertiary/aromatic N) is 3. The van der Waals surface area contributed by atoms with Crippen LogP contribution in [0.5, 0.6) is 0 Å². The largest absolute Gasteiger partial charge is 0.355 e. The highest BCUT2D eigenvalue weighted by atomic mass is 32.2. The van der Waals surface area contributed by atoms with Crippen molar-refractivity contribution in [3.63, 3.8) is 0 Å². The minimum atomic E-state index is 0.0487. The molecule has 0 unspecified atom stereocenters. The summed E-state index contributed by atoms with van der Waals surface area (Å²) in [6.07, 6.45) is 5.54. The summed E-state index contributed by atoms with van der Waals surface area (Å²) in [4.78, 5) is 22.5. The summed E-state index contributed by atoms with van der Waals surface area (Å²) in [6.45, 7) is 3.37. The molecule has 0 radical (unpaired) electrons. The summed E-state index contributed by atoms with van der Waals surface area (Å²) < 4.78 is 0. The lowest BCUT2D eigenvalue weighted by Crippen LogP contribution is -2.44. The quantitative estimate of drug-likeness (QED) is 0.847. The first kappa shape index (κ1) is 16.8. The molecule has 5 nitrogen and oxygen atoms in total. The van der Waals surface area contributed by atoms with Crippen molar-refractivity contribution in [2.24, 2.45) is 0 Å². The molecule has 1 amide bonds. The lowest BCUT2D eigenvalue weighted by Gasteiger charge is -2.32. The lowest BCUT2D eigenvalue weighted by molar-refractivity contribution is -0.119. The zero-order chi connectivity index (χ0) is 16.8. The molecule has 1 aliphatic rings. The number of hydrogen-bond acceptors (Lipinski definition) is 5. The number of anilines is 1. The van der Waals surface area contributed by atoms with Gasteiger partial charge in [-0.1, -0.05) is 30.3 Å². The molecule has 1 aliphatic heterocycles. The number of carbonyl (C=O) groups excluding carboxylic acids is 1. The van der Waals surface area contributed by atoms with Gasteiger partial charge >= 0.3 is 0 Å². The summed E-state index contributed by atoms with van der Waals surface area (Å²) in [7, 11) is 0. The maximum absolute atomic E-state index is 11.1. The Balaban J connectivity index is 1.56. The second-order valence-electron chi connectivity index (χ2n) is 5.95. The number of thioether (sulfide) groups is 1. The van der Waals surface area contributed by atoms with Crippen LogP contribution in [0.2, 0.25) is 0 Å². The SMILES string of the molecule is CC(=O)NC1CCN(c2cncc(SCc3ccccc3)n2)CC1. The maximum Gasteiger partial charge on any atom is 0.217 e. The standard InChI is InChI=1S/C18H22N4OS/c1-14(23)20-16-7-9-22(10-8-16)17-11-19-12-18(21-17)24-13-15-5-3-2-4-6-15/h2-6,11-12,16H,7-10,13H2,1H3,(H,20,23). The molecule has 2 heterocycles. The van der Waals surface area contributed by atoms with E-state index in [1.807, 2.05) is 18.5 Å². The minimum absolute atomic E-state index is 0.0487. The second-order valence-corrected chi connectivity index (χ2v) is 6.95. The van der Waals surface area contributed by atoms with E-state index in [0.717, 1.165) is 42.5 Å². The fourth-order valence-corrected chi connectivity index (χ4v) is 3.63. The Morgan fingerprint density at radius 2 is 2.00 bits per heavy atom. The zero-order valence-corrected chi connectivity index (χ0v) is 14.6. The number of carbonyl (C=O) groups is 1. The molecule has 0 bridgehead atoms. The number of rotatable bonds is 5. The molecule has 1 fully saturated rings. The first-order chi connectivity index (χ1) is 11.7. The third kappa shape index (κ3) is 4.71. The van der Waals surface area contributed by atoms with Crippen LogP contribution in [-0.2, 0) is 10.5 Å². The number of aromatic nitrogens is 2. The Morgan fingerprint density at radius 3 is 2.71 bits per heavy atom. The molecule has 1 N–H and O–H groups in total. The Kier molecular flexibility index (Phi) is 5.69. The van der Waals surface area contributed by atoms with Gasteiger partial charge in [-0.25, -0.2) is 4.98 Å². The van der Waals surface area contributed by atoms with Crippen LogP contribution in [0.25, 0.3) is 0 Å². The Morgan fingerprint density at radius 1 is 1.25 bits per heavy atom. The van der Waals surface area contributed by atoms with E-state index in [4.69, 9.17) is 4.98 Å². The van der Waals surface area contributed by atoms with Crippen LogP contribution in [-0.4, -0.2) is 35.0 Å². The van der Waals surface area contributed by atoms with Crippen molar-refractivity contribution in [3.05, 3.63) is 48.3 Å². The van der Waals surface area contributed by atoms with Gasteiger partial charge in [0.15, 0.2) is 0 Å². The third-order valence-electron chi connectivity index (χ3n) is 4.06. The van der Waals surface area contributed by atoms with Gasteiger partial charge in [0.05, 0.1) is 12.4 Å². The molecule has 1 aromatic heterocycles. The van der Waals surface area contributed by atoms with Gasteiger partial charge in [-0.3, -0.25) is 9.78 Å². The second kappa shape index (κ2) is 8.15. The molecule has 2 aromatic rings. The van der Waals surface area contributed by atoms with Crippen LogP contribution in [0.1, 0.15) is 25.3 Å². The molecule has 126 valence electrons. The van der Waals surface area contributed by atoms with Gasteiger partial charge in [0.2, 0.25) is 5.91 Å². The highest BCUT2D eigenvalue weighted by molar-refractivity contribution is 7.98. The topological polar surface area (TPSA) is 58.1 Å². The van der Waals surface area contributed by atoms with Crippen LogP contribution in [0.15, 0.2) is 47.8 Å². The van der Waals surface area contributed by atoms with Crippen molar-refractivity contribution in [1.29, 1.82) is 0 Å². The van der Waals surface area contributed by atoms with Gasteiger partial charge in [0.1, 0.15) is 10.8 Å². The first-order valence-electron chi connectivity index (χ1n) is 8.21. The van der Waals surface area contributed by atoms with Crippen LogP contribution in [0.4, 0.5) is 5.82 Å². The number of hydrogen-bond donors (Lipinski definition) is 1. The van der Waals surface area contributed by atoms with E-state index in [1.165, 1.54) is 5.56 Å². The van der Waals surface area contributed by atoms with Crippen molar-refractivity contribution in [2.75, 3.05) is 18.0 Å². The number of piperidine rings is 1. The van der Waals surface area contributed by atoms with E-state index < -0.39 is 0 Å². The van der Waals surface area contributed by atoms with Crippen LogP contribution >= 0.6 is 11.8 Å². The van der Waals surface area contributed by atoms with Gasteiger partial charge in [0, 0.05) is 31.8 Å². The number of nitrogens with one attached hydrogen (secondary N) is 1. The predicted molar refractivity (Wildman–Crippen MR) is 97.1 cm³/mol. The zero-order valence-electron chi connectivity index (χ0n) is 13.8. The Hall–Kier alpha value is -2.08. The first-order valence-corrected chi connectivity index (χ1v) is 9.20. The van der Waals surface area contributed by atoms with Gasteiger partial charge < -0.3 is 10.2 Å². The molecule has 3 rings (SSSR count). The summed E-state index contributed by atoms with van der Waals surface area (Å²) in [6, 6.07) is 10.7. The van der Waals surface area contributed by atoms with Gasteiger partial charge in [-0.2, -0.15) is 0 Å². The minimum Gasteiger partial charge on any atom is -0.355 e. The van der Waals surface area contributed by atoms with Gasteiger partial charge in [0.25, 0.3) is 0 Å². The highest BCUT2D eigenvalue weighted by Crippen LogP contribution is 2.23. The van der Waals surface area contributed by atoms with E-state index >= 15 is 0 Å². The van der Waals surface area contributed by atoms with E-state index in [1.54, 1.807) is 18.7 Å². The van der Waals surface area contributed by atoms with Crippen molar-refractivity contribution in [3.8, 4) is 0 Å². The molecule has 0 aliphatic carbocycles. The van der Waals surface area contributed by atoms with Crippen molar-refractivity contribution < 1.29 is 4.79 Å². The van der Waals surface area contributed by atoms with Crippen molar-refractivity contribution in [2.45, 2.75) is 36.6 Å². The number of benzene rings is 1. The van der Waals surface area contributed by atoms with Gasteiger partial charge in [-0.15, -0.1) is 11.8 Å². The lowest BCUT2D eigenvalue weighted by atomic mass is 10.1. The molecule has 24 heavy (non-hydrogen) atoms. The van der Waals surface area contributed by atoms with Crippen LogP contribution < -0.4 is 10.2 Å². The summed E-state index contributed by atoms with van der Waals surface area (Å²) in [5.74, 6) is 1.87. The van der Waals surface area contributed by atoms with Crippen LogP contribution in [0.3, 0.4) is 0 Å². The van der Waals surface area contributed by atoms with Crippen molar-refractivity contribution in [1.82, 2.24) is 15.3 Å². The fourth-order valence-electron chi connectivity index (χ4n) is 2.83. The summed E-state index contributed by atoms with van der Waals surface area (Å²) >= 11 is 1.70. The van der Waals surface area contributed by atoms with Crippen LogP contribution in [0, 0.1) is 0 Å².